The van der Waals surface area contributed by atoms with Crippen molar-refractivity contribution in [3.8, 4) is 0 Å². The predicted octanol–water partition coefficient (Wildman–Crippen LogP) is 3.80. The molecule has 84 valence electrons. The van der Waals surface area contributed by atoms with Gasteiger partial charge in [0.25, 0.3) is 0 Å². The minimum absolute atomic E-state index is 0.180. The van der Waals surface area contributed by atoms with Crippen LogP contribution in [0.3, 0.4) is 0 Å². The Hall–Kier alpha value is 0.580. The topological polar surface area (TPSA) is 15.6 Å². The lowest BCUT2D eigenvalue weighted by Crippen LogP contribution is -2.39. The van der Waals surface area contributed by atoms with E-state index in [4.69, 9.17) is 11.6 Å². The lowest BCUT2D eigenvalue weighted by molar-refractivity contribution is 0.256. The number of rotatable bonds is 2. The molecule has 15 heavy (non-hydrogen) atoms. The molecule has 1 aliphatic heterocycles. The van der Waals surface area contributed by atoms with Crippen LogP contribution in [0.2, 0.25) is 0 Å². The van der Waals surface area contributed by atoms with Gasteiger partial charge in [0.1, 0.15) is 5.16 Å². The van der Waals surface area contributed by atoms with Crippen LogP contribution in [-0.2, 0) is 0 Å². The maximum atomic E-state index is 6.38. The van der Waals surface area contributed by atoms with E-state index in [1.165, 1.54) is 25.7 Å². The monoisotopic (exact) mass is 356 g/mol. The second-order valence-corrected chi connectivity index (χ2v) is 6.24. The van der Waals surface area contributed by atoms with Crippen molar-refractivity contribution in [1.82, 2.24) is 4.90 Å². The van der Waals surface area contributed by atoms with E-state index in [9.17, 15) is 0 Å². The van der Waals surface area contributed by atoms with Gasteiger partial charge in [-0.05, 0) is 41.7 Å². The molecule has 0 aromatic rings. The lowest BCUT2D eigenvalue weighted by Gasteiger charge is -2.36. The summed E-state index contributed by atoms with van der Waals surface area (Å²) in [6.45, 7) is 0. The van der Waals surface area contributed by atoms with Crippen LogP contribution in [0.4, 0.5) is 0 Å². The van der Waals surface area contributed by atoms with Gasteiger partial charge in [0.15, 0.2) is 5.50 Å². The number of thioether (sulfide) groups is 1. The number of hydrogen-bond acceptors (Lipinski definition) is 3. The smallest absolute Gasteiger partial charge is 0.169 e. The van der Waals surface area contributed by atoms with E-state index >= 15 is 0 Å². The fraction of sp³-hybridized carbons (Fsp3) is 0.700. The molecule has 0 aromatic carbocycles. The zero-order chi connectivity index (χ0) is 10.8. The first kappa shape index (κ1) is 12.0. The van der Waals surface area contributed by atoms with E-state index in [1.54, 1.807) is 11.8 Å². The number of hydrogen-bond donors (Lipinski definition) is 0. The Morgan fingerprint density at radius 1 is 1.53 bits per heavy atom. The minimum Gasteiger partial charge on any atom is -0.328 e. The third kappa shape index (κ3) is 2.47. The summed E-state index contributed by atoms with van der Waals surface area (Å²) >= 11 is 10.4. The molecule has 1 heterocycles. The molecule has 1 aliphatic carbocycles. The van der Waals surface area contributed by atoms with Gasteiger partial charge in [0, 0.05) is 12.3 Å². The molecule has 0 N–H and O–H groups in total. The van der Waals surface area contributed by atoms with Crippen molar-refractivity contribution < 1.29 is 0 Å². The van der Waals surface area contributed by atoms with E-state index in [0.717, 1.165) is 8.74 Å². The van der Waals surface area contributed by atoms with E-state index in [2.05, 4.69) is 38.7 Å². The number of nitrogens with zero attached hydrogens (tertiary/aromatic N) is 2. The van der Waals surface area contributed by atoms with E-state index in [-0.39, 0.29) is 5.50 Å². The predicted molar refractivity (Wildman–Crippen MR) is 76.8 cm³/mol. The van der Waals surface area contributed by atoms with Crippen molar-refractivity contribution >= 4 is 52.2 Å². The Morgan fingerprint density at radius 3 is 2.80 bits per heavy atom. The third-order valence-corrected chi connectivity index (χ3v) is 5.18. The summed E-state index contributed by atoms with van der Waals surface area (Å²) in [4.78, 5) is 6.81. The summed E-state index contributed by atoms with van der Waals surface area (Å²) in [6.07, 6.45) is 9.14. The van der Waals surface area contributed by atoms with Gasteiger partial charge in [-0.2, -0.15) is 0 Å². The van der Waals surface area contributed by atoms with Gasteiger partial charge in [-0.3, -0.25) is 4.99 Å². The van der Waals surface area contributed by atoms with Crippen LogP contribution in [-0.4, -0.2) is 28.9 Å². The molecule has 0 bridgehead atoms. The molecule has 0 saturated heterocycles. The Bertz CT molecular complexity index is 300. The Kier molecular flexibility index (Phi) is 4.24. The number of allylic oxidation sites excluding steroid dienone is 1. The van der Waals surface area contributed by atoms with E-state index < -0.39 is 0 Å². The molecule has 2 aliphatic rings. The summed E-state index contributed by atoms with van der Waals surface area (Å²) in [5.74, 6) is 0. The normalized spacial score (nSPS) is 27.9. The standard InChI is InChI=1S/C10H14ClIN2S/c1-15-10-13-6-8(12)9(11)14(10)7-4-2-3-5-7/h6-7,10H,2-5H2,1H3. The van der Waals surface area contributed by atoms with Gasteiger partial charge >= 0.3 is 0 Å². The van der Waals surface area contributed by atoms with Crippen molar-refractivity contribution in [3.63, 3.8) is 0 Å². The fourth-order valence-corrected chi connectivity index (χ4v) is 3.64. The van der Waals surface area contributed by atoms with Crippen molar-refractivity contribution in [1.29, 1.82) is 0 Å². The van der Waals surface area contributed by atoms with Crippen molar-refractivity contribution in [2.24, 2.45) is 4.99 Å². The molecule has 0 amide bonds. The van der Waals surface area contributed by atoms with Gasteiger partial charge in [-0.25, -0.2) is 0 Å². The maximum absolute atomic E-state index is 6.38. The summed E-state index contributed by atoms with van der Waals surface area (Å²) in [6, 6.07) is 0.595. The van der Waals surface area contributed by atoms with Crippen molar-refractivity contribution in [3.05, 3.63) is 8.74 Å². The molecular weight excluding hydrogens is 343 g/mol. The highest BCUT2D eigenvalue weighted by atomic mass is 127. The minimum atomic E-state index is 0.180. The molecule has 0 aromatic heterocycles. The Morgan fingerprint density at radius 2 is 2.20 bits per heavy atom. The molecular formula is C10H14ClIN2S. The Balaban J connectivity index is 2.21. The third-order valence-electron chi connectivity index (χ3n) is 2.91. The second kappa shape index (κ2) is 5.27. The van der Waals surface area contributed by atoms with E-state index in [1.807, 2.05) is 6.21 Å². The SMILES string of the molecule is CSC1N=CC(I)=C(Cl)N1C1CCCC1. The molecule has 0 spiro atoms. The quantitative estimate of drug-likeness (QED) is 0.552. The fourth-order valence-electron chi connectivity index (χ4n) is 2.17. The zero-order valence-electron chi connectivity index (χ0n) is 8.62. The van der Waals surface area contributed by atoms with Crippen LogP contribution in [0, 0.1) is 0 Å². The van der Waals surface area contributed by atoms with Crippen LogP contribution < -0.4 is 0 Å². The maximum Gasteiger partial charge on any atom is 0.169 e. The zero-order valence-corrected chi connectivity index (χ0v) is 12.3. The average molecular weight is 357 g/mol. The highest BCUT2D eigenvalue weighted by Crippen LogP contribution is 2.37. The summed E-state index contributed by atoms with van der Waals surface area (Å²) in [7, 11) is 0. The molecule has 1 saturated carbocycles. The first-order valence-corrected chi connectivity index (χ1v) is 7.88. The van der Waals surface area contributed by atoms with Crippen molar-refractivity contribution in [2.45, 2.75) is 37.2 Å². The van der Waals surface area contributed by atoms with Crippen LogP contribution in [0.15, 0.2) is 13.7 Å². The van der Waals surface area contributed by atoms with E-state index in [0.29, 0.717) is 6.04 Å². The van der Waals surface area contributed by atoms with Gasteiger partial charge < -0.3 is 4.90 Å². The van der Waals surface area contributed by atoms with Gasteiger partial charge in [-0.1, -0.05) is 24.4 Å². The molecule has 5 heteroatoms. The van der Waals surface area contributed by atoms with Crippen LogP contribution in [0.5, 0.6) is 0 Å². The number of halogens is 2. The first-order valence-electron chi connectivity index (χ1n) is 5.13. The first-order chi connectivity index (χ1) is 7.24. The van der Waals surface area contributed by atoms with Gasteiger partial charge in [0.2, 0.25) is 0 Å². The van der Waals surface area contributed by atoms with Crippen LogP contribution >= 0.6 is 46.0 Å². The van der Waals surface area contributed by atoms with Crippen molar-refractivity contribution in [2.75, 3.05) is 6.26 Å². The molecule has 0 radical (unpaired) electrons. The summed E-state index contributed by atoms with van der Waals surface area (Å²) < 4.78 is 1.06. The van der Waals surface area contributed by atoms with Crippen LogP contribution in [0.25, 0.3) is 0 Å². The number of aliphatic imine (C=N–C) groups is 1. The molecule has 2 rings (SSSR count). The summed E-state index contributed by atoms with van der Waals surface area (Å²) in [5.41, 5.74) is 0.180. The van der Waals surface area contributed by atoms with Gasteiger partial charge in [-0.15, -0.1) is 11.8 Å². The van der Waals surface area contributed by atoms with Gasteiger partial charge in [0.05, 0.1) is 3.58 Å². The summed E-state index contributed by atoms with van der Waals surface area (Å²) in [5, 5.41) is 0.886. The molecule has 1 atom stereocenters. The molecule has 1 fully saturated rings. The molecule has 2 nitrogen and oxygen atoms in total. The highest BCUT2D eigenvalue weighted by Gasteiger charge is 2.31. The average Bonchev–Trinajstić information content (AvgIpc) is 2.75. The largest absolute Gasteiger partial charge is 0.328 e. The molecule has 1 unspecified atom stereocenters. The second-order valence-electron chi connectivity index (χ2n) is 3.82. The Labute approximate surface area is 114 Å². The van der Waals surface area contributed by atoms with Crippen LogP contribution in [0.1, 0.15) is 25.7 Å². The highest BCUT2D eigenvalue weighted by molar-refractivity contribution is 14.1. The lowest BCUT2D eigenvalue weighted by atomic mass is 10.2.